The maximum atomic E-state index is 12.9. The minimum Gasteiger partial charge on any atom is -0.496 e. The number of para-hydroxylation sites is 1. The molecule has 0 radical (unpaired) electrons. The average molecular weight is 379 g/mol. The molecule has 6 nitrogen and oxygen atoms in total. The first-order valence-electron chi connectivity index (χ1n) is 9.13. The first-order valence-corrected chi connectivity index (χ1v) is 9.13. The van der Waals surface area contributed by atoms with E-state index in [1.165, 1.54) is 0 Å². The predicted molar refractivity (Wildman–Crippen MR) is 107 cm³/mol. The second-order valence-corrected chi connectivity index (χ2v) is 6.66. The number of nitrogens with zero attached hydrogens (tertiary/aromatic N) is 2. The van der Waals surface area contributed by atoms with E-state index in [0.29, 0.717) is 17.3 Å². The van der Waals surface area contributed by atoms with E-state index < -0.39 is 12.1 Å². The zero-order valence-electron chi connectivity index (χ0n) is 16.5. The number of hydrogen-bond donors (Lipinski definition) is 1. The van der Waals surface area contributed by atoms with Crippen LogP contribution < -0.4 is 14.8 Å². The normalized spacial score (nSPS) is 12.9. The van der Waals surface area contributed by atoms with Gasteiger partial charge in [-0.15, -0.1) is 0 Å². The van der Waals surface area contributed by atoms with Gasteiger partial charge in [-0.3, -0.25) is 4.79 Å². The smallest absolute Gasteiger partial charge is 0.261 e. The first kappa shape index (κ1) is 19.5. The van der Waals surface area contributed by atoms with E-state index in [9.17, 15) is 4.79 Å². The molecule has 3 rings (SSSR count). The van der Waals surface area contributed by atoms with Crippen LogP contribution in [0.15, 0.2) is 60.9 Å². The first-order chi connectivity index (χ1) is 13.5. The fourth-order valence-corrected chi connectivity index (χ4v) is 3.05. The number of carbonyl (C=O) groups is 1. The Kier molecular flexibility index (Phi) is 5.99. The number of aromatic nitrogens is 2. The van der Waals surface area contributed by atoms with E-state index in [-0.39, 0.29) is 5.91 Å². The Morgan fingerprint density at radius 2 is 1.96 bits per heavy atom. The van der Waals surface area contributed by atoms with Gasteiger partial charge in [-0.2, -0.15) is 0 Å². The van der Waals surface area contributed by atoms with Gasteiger partial charge in [0.2, 0.25) is 0 Å². The monoisotopic (exact) mass is 379 g/mol. The molecule has 2 unspecified atom stereocenters. The highest BCUT2D eigenvalue weighted by molar-refractivity contribution is 5.81. The van der Waals surface area contributed by atoms with Crippen LogP contribution in [0, 0.1) is 6.92 Å². The number of carbonyl (C=O) groups excluding carboxylic acids is 1. The second-order valence-electron chi connectivity index (χ2n) is 6.66. The van der Waals surface area contributed by atoms with E-state index in [4.69, 9.17) is 9.47 Å². The lowest BCUT2D eigenvalue weighted by atomic mass is 10.0. The Hall–Kier alpha value is -3.28. The van der Waals surface area contributed by atoms with Crippen molar-refractivity contribution in [3.05, 3.63) is 77.9 Å². The van der Waals surface area contributed by atoms with E-state index in [1.54, 1.807) is 20.2 Å². The van der Waals surface area contributed by atoms with Crippen LogP contribution >= 0.6 is 0 Å². The summed E-state index contributed by atoms with van der Waals surface area (Å²) in [4.78, 5) is 17.3. The van der Waals surface area contributed by atoms with Gasteiger partial charge in [0.05, 0.1) is 7.11 Å². The lowest BCUT2D eigenvalue weighted by Crippen LogP contribution is -2.40. The standard InChI is InChI=1S/C22H25N3O3/c1-15-8-7-9-17(14-15)28-16(2)22(26)24-20(21-23-12-13-25(21)3)18-10-5-6-11-19(18)27-4/h5-14,16,20H,1-4H3,(H,24,26). The van der Waals surface area contributed by atoms with E-state index in [2.05, 4.69) is 10.3 Å². The van der Waals surface area contributed by atoms with Crippen LogP contribution in [0.4, 0.5) is 0 Å². The third-order valence-electron chi connectivity index (χ3n) is 4.52. The van der Waals surface area contributed by atoms with E-state index in [0.717, 1.165) is 11.1 Å². The number of nitrogens with one attached hydrogen (secondary N) is 1. The Labute approximate surface area is 165 Å². The maximum Gasteiger partial charge on any atom is 0.261 e. The Morgan fingerprint density at radius 1 is 1.18 bits per heavy atom. The van der Waals surface area contributed by atoms with Crippen LogP contribution in [0.1, 0.15) is 29.9 Å². The molecular formula is C22H25N3O3. The molecule has 0 bridgehead atoms. The zero-order valence-corrected chi connectivity index (χ0v) is 16.5. The molecule has 28 heavy (non-hydrogen) atoms. The number of ether oxygens (including phenoxy) is 2. The maximum absolute atomic E-state index is 12.9. The van der Waals surface area contributed by atoms with Crippen molar-refractivity contribution in [1.82, 2.24) is 14.9 Å². The zero-order chi connectivity index (χ0) is 20.1. The number of hydrogen-bond acceptors (Lipinski definition) is 4. The molecule has 1 amide bonds. The number of benzene rings is 2. The van der Waals surface area contributed by atoms with Crippen molar-refractivity contribution in [2.24, 2.45) is 7.05 Å². The highest BCUT2D eigenvalue weighted by Gasteiger charge is 2.26. The van der Waals surface area contributed by atoms with E-state index >= 15 is 0 Å². The largest absolute Gasteiger partial charge is 0.496 e. The lowest BCUT2D eigenvalue weighted by Gasteiger charge is -2.23. The average Bonchev–Trinajstić information content (AvgIpc) is 3.11. The summed E-state index contributed by atoms with van der Waals surface area (Å²) in [5, 5.41) is 3.06. The molecule has 1 aromatic heterocycles. The topological polar surface area (TPSA) is 65.4 Å². The number of imidazole rings is 1. The van der Waals surface area contributed by atoms with Gasteiger partial charge in [-0.25, -0.2) is 4.98 Å². The van der Waals surface area contributed by atoms with Crippen molar-refractivity contribution in [1.29, 1.82) is 0 Å². The Bertz CT molecular complexity index is 951. The van der Waals surface area contributed by atoms with Crippen LogP contribution in [0.3, 0.4) is 0 Å². The third-order valence-corrected chi connectivity index (χ3v) is 4.52. The molecule has 6 heteroatoms. The molecule has 0 aliphatic heterocycles. The Morgan fingerprint density at radius 3 is 2.64 bits per heavy atom. The summed E-state index contributed by atoms with van der Waals surface area (Å²) >= 11 is 0. The minimum absolute atomic E-state index is 0.236. The molecule has 1 N–H and O–H groups in total. The molecule has 0 fully saturated rings. The van der Waals surface area contributed by atoms with Crippen molar-refractivity contribution in [3.8, 4) is 11.5 Å². The van der Waals surface area contributed by atoms with Crippen LogP contribution in [-0.4, -0.2) is 28.7 Å². The van der Waals surface area contributed by atoms with Gasteiger partial charge in [0.25, 0.3) is 5.91 Å². The minimum atomic E-state index is -0.667. The molecule has 3 aromatic rings. The second kappa shape index (κ2) is 8.61. The van der Waals surface area contributed by atoms with Gasteiger partial charge in [0.15, 0.2) is 6.10 Å². The summed E-state index contributed by atoms with van der Waals surface area (Å²) < 4.78 is 13.2. The van der Waals surface area contributed by atoms with Crippen molar-refractivity contribution < 1.29 is 14.3 Å². The summed E-state index contributed by atoms with van der Waals surface area (Å²) in [6.07, 6.45) is 2.88. The van der Waals surface area contributed by atoms with E-state index in [1.807, 2.05) is 73.3 Å². The number of amides is 1. The molecule has 0 saturated carbocycles. The summed E-state index contributed by atoms with van der Waals surface area (Å²) in [5.74, 6) is 1.82. The number of rotatable bonds is 7. The summed E-state index contributed by atoms with van der Waals surface area (Å²) in [5.41, 5.74) is 1.90. The summed E-state index contributed by atoms with van der Waals surface area (Å²) in [6.45, 7) is 3.71. The van der Waals surface area contributed by atoms with Crippen molar-refractivity contribution >= 4 is 5.91 Å². The van der Waals surface area contributed by atoms with Gasteiger partial charge in [0, 0.05) is 25.0 Å². The van der Waals surface area contributed by atoms with Crippen molar-refractivity contribution in [2.45, 2.75) is 26.0 Å². The van der Waals surface area contributed by atoms with Gasteiger partial charge in [-0.1, -0.05) is 30.3 Å². The number of aryl methyl sites for hydroxylation is 2. The van der Waals surface area contributed by atoms with Crippen molar-refractivity contribution in [2.75, 3.05) is 7.11 Å². The van der Waals surface area contributed by atoms with Crippen molar-refractivity contribution in [3.63, 3.8) is 0 Å². The molecule has 1 heterocycles. The Balaban J connectivity index is 1.85. The SMILES string of the molecule is COc1ccccc1C(NC(=O)C(C)Oc1cccc(C)c1)c1nccn1C. The molecule has 0 aliphatic carbocycles. The van der Waals surface area contributed by atoms with Gasteiger partial charge in [0.1, 0.15) is 23.4 Å². The quantitative estimate of drug-likeness (QED) is 0.683. The highest BCUT2D eigenvalue weighted by Crippen LogP contribution is 2.29. The number of methoxy groups -OCH3 is 1. The predicted octanol–water partition coefficient (Wildman–Crippen LogP) is 3.41. The summed E-state index contributed by atoms with van der Waals surface area (Å²) in [7, 11) is 3.50. The molecule has 2 atom stereocenters. The lowest BCUT2D eigenvalue weighted by molar-refractivity contribution is -0.127. The molecule has 146 valence electrons. The molecule has 0 aliphatic rings. The van der Waals surface area contributed by atoms with Gasteiger partial charge in [-0.05, 0) is 37.6 Å². The fraction of sp³-hybridized carbons (Fsp3) is 0.273. The van der Waals surface area contributed by atoms with Gasteiger partial charge < -0.3 is 19.4 Å². The summed E-state index contributed by atoms with van der Waals surface area (Å²) in [6, 6.07) is 14.8. The third kappa shape index (κ3) is 4.34. The molecule has 0 saturated heterocycles. The van der Waals surface area contributed by atoms with Crippen LogP contribution in [0.5, 0.6) is 11.5 Å². The van der Waals surface area contributed by atoms with Crippen LogP contribution in [-0.2, 0) is 11.8 Å². The molecular weight excluding hydrogens is 354 g/mol. The fourth-order valence-electron chi connectivity index (χ4n) is 3.05. The molecule has 0 spiro atoms. The molecule has 2 aromatic carbocycles. The van der Waals surface area contributed by atoms with Crippen LogP contribution in [0.25, 0.3) is 0 Å². The van der Waals surface area contributed by atoms with Crippen LogP contribution in [0.2, 0.25) is 0 Å². The highest BCUT2D eigenvalue weighted by atomic mass is 16.5. The van der Waals surface area contributed by atoms with Gasteiger partial charge >= 0.3 is 0 Å².